The maximum atomic E-state index is 12.4. The second-order valence-electron chi connectivity index (χ2n) is 4.60. The predicted octanol–water partition coefficient (Wildman–Crippen LogP) is 3.10. The fourth-order valence-electron chi connectivity index (χ4n) is 1.97. The monoisotopic (exact) mass is 321 g/mol. The highest BCUT2D eigenvalue weighted by Gasteiger charge is 2.17. The van der Waals surface area contributed by atoms with Gasteiger partial charge in [-0.25, -0.2) is 13.4 Å². The molecular weight excluding hydrogens is 310 g/mol. The van der Waals surface area contributed by atoms with E-state index >= 15 is 0 Å². The Bertz CT molecular complexity index is 919. The van der Waals surface area contributed by atoms with Gasteiger partial charge in [0.2, 0.25) is 0 Å². The standard InChI is InChI=1S/C14H12ClN3O2S/c1-10-4-5-11(9-12(10)15)21(19,20)17-13-3-2-7-18-8-6-16-14(13)18/h2-9,17H,1H3. The molecule has 2 heterocycles. The molecule has 0 radical (unpaired) electrons. The summed E-state index contributed by atoms with van der Waals surface area (Å²) in [6.45, 7) is 1.82. The van der Waals surface area contributed by atoms with Gasteiger partial charge >= 0.3 is 0 Å². The van der Waals surface area contributed by atoms with Gasteiger partial charge in [0.15, 0.2) is 5.65 Å². The van der Waals surface area contributed by atoms with Crippen molar-refractivity contribution in [3.63, 3.8) is 0 Å². The van der Waals surface area contributed by atoms with E-state index in [1.54, 1.807) is 41.2 Å². The summed E-state index contributed by atoms with van der Waals surface area (Å²) in [4.78, 5) is 4.26. The molecule has 0 fully saturated rings. The second-order valence-corrected chi connectivity index (χ2v) is 6.69. The Morgan fingerprint density at radius 3 is 2.81 bits per heavy atom. The van der Waals surface area contributed by atoms with Crippen LogP contribution in [0.5, 0.6) is 0 Å². The lowest BCUT2D eigenvalue weighted by atomic mass is 10.2. The highest BCUT2D eigenvalue weighted by atomic mass is 35.5. The average molecular weight is 322 g/mol. The first kappa shape index (κ1) is 13.9. The molecule has 0 saturated heterocycles. The number of nitrogens with one attached hydrogen (secondary N) is 1. The number of aryl methyl sites for hydroxylation is 1. The molecular formula is C14H12ClN3O2S. The van der Waals surface area contributed by atoms with Gasteiger partial charge in [0, 0.05) is 23.6 Å². The quantitative estimate of drug-likeness (QED) is 0.806. The zero-order chi connectivity index (χ0) is 15.0. The molecule has 0 aliphatic heterocycles. The van der Waals surface area contributed by atoms with Crippen molar-refractivity contribution in [3.8, 4) is 0 Å². The Morgan fingerprint density at radius 1 is 1.24 bits per heavy atom. The number of halogens is 1. The lowest BCUT2D eigenvalue weighted by Gasteiger charge is -2.10. The predicted molar refractivity (Wildman–Crippen MR) is 82.2 cm³/mol. The normalized spacial score (nSPS) is 11.7. The van der Waals surface area contributed by atoms with Crippen molar-refractivity contribution in [2.45, 2.75) is 11.8 Å². The summed E-state index contributed by atoms with van der Waals surface area (Å²) in [5.74, 6) is 0. The molecule has 0 amide bonds. The van der Waals surface area contributed by atoms with E-state index in [1.165, 1.54) is 12.1 Å². The molecule has 3 aromatic rings. The molecule has 0 bridgehead atoms. The van der Waals surface area contributed by atoms with Crippen molar-refractivity contribution in [1.82, 2.24) is 9.38 Å². The Kier molecular flexibility index (Phi) is 3.35. The molecule has 0 saturated carbocycles. The summed E-state index contributed by atoms with van der Waals surface area (Å²) >= 11 is 5.99. The minimum absolute atomic E-state index is 0.117. The minimum atomic E-state index is -3.71. The van der Waals surface area contributed by atoms with Gasteiger partial charge in [-0.1, -0.05) is 17.7 Å². The van der Waals surface area contributed by atoms with Crippen molar-refractivity contribution in [3.05, 3.63) is 59.5 Å². The average Bonchev–Trinajstić information content (AvgIpc) is 2.91. The van der Waals surface area contributed by atoms with Gasteiger partial charge in [0.25, 0.3) is 10.0 Å². The number of sulfonamides is 1. The summed E-state index contributed by atoms with van der Waals surface area (Å²) < 4.78 is 29.1. The van der Waals surface area contributed by atoms with Crippen LogP contribution < -0.4 is 4.72 Å². The molecule has 0 aliphatic rings. The number of hydrogen-bond donors (Lipinski definition) is 1. The van der Waals surface area contributed by atoms with Crippen molar-refractivity contribution < 1.29 is 8.42 Å². The third kappa shape index (κ3) is 2.59. The van der Waals surface area contributed by atoms with E-state index in [9.17, 15) is 8.42 Å². The smallest absolute Gasteiger partial charge is 0.262 e. The van der Waals surface area contributed by atoms with Gasteiger partial charge in [0.05, 0.1) is 10.6 Å². The van der Waals surface area contributed by atoms with E-state index in [1.807, 2.05) is 6.92 Å². The van der Waals surface area contributed by atoms with Gasteiger partial charge in [0.1, 0.15) is 0 Å². The van der Waals surface area contributed by atoms with Crippen LogP contribution in [0.2, 0.25) is 5.02 Å². The van der Waals surface area contributed by atoms with E-state index < -0.39 is 10.0 Å². The first-order chi connectivity index (χ1) is 9.97. The van der Waals surface area contributed by atoms with Crippen LogP contribution in [-0.2, 0) is 10.0 Å². The van der Waals surface area contributed by atoms with E-state index in [-0.39, 0.29) is 4.90 Å². The molecule has 108 valence electrons. The first-order valence-corrected chi connectivity index (χ1v) is 8.04. The van der Waals surface area contributed by atoms with Crippen LogP contribution in [0.15, 0.2) is 53.8 Å². The largest absolute Gasteiger partial charge is 0.305 e. The van der Waals surface area contributed by atoms with Gasteiger partial charge in [-0.05, 0) is 36.8 Å². The van der Waals surface area contributed by atoms with E-state index in [2.05, 4.69) is 9.71 Å². The van der Waals surface area contributed by atoms with Crippen LogP contribution in [0.4, 0.5) is 5.69 Å². The van der Waals surface area contributed by atoms with Gasteiger partial charge in [-0.15, -0.1) is 0 Å². The third-order valence-electron chi connectivity index (χ3n) is 3.12. The fraction of sp³-hybridized carbons (Fsp3) is 0.0714. The number of pyridine rings is 1. The van der Waals surface area contributed by atoms with Crippen molar-refractivity contribution >= 4 is 33.0 Å². The summed E-state index contributed by atoms with van der Waals surface area (Å²) in [6.07, 6.45) is 5.15. The number of rotatable bonds is 3. The molecule has 0 spiro atoms. The molecule has 0 atom stereocenters. The summed E-state index contributed by atoms with van der Waals surface area (Å²) in [5.41, 5.74) is 1.78. The topological polar surface area (TPSA) is 63.5 Å². The second kappa shape index (κ2) is 5.05. The molecule has 7 heteroatoms. The number of anilines is 1. The molecule has 0 aliphatic carbocycles. The first-order valence-electron chi connectivity index (χ1n) is 6.18. The highest BCUT2D eigenvalue weighted by Crippen LogP contribution is 2.23. The number of benzene rings is 1. The molecule has 5 nitrogen and oxygen atoms in total. The molecule has 1 aromatic carbocycles. The van der Waals surface area contributed by atoms with Gasteiger partial charge < -0.3 is 4.40 Å². The zero-order valence-corrected chi connectivity index (χ0v) is 12.7. The summed E-state index contributed by atoms with van der Waals surface area (Å²) in [7, 11) is -3.71. The maximum Gasteiger partial charge on any atom is 0.262 e. The number of fused-ring (bicyclic) bond motifs is 1. The van der Waals surface area contributed by atoms with Crippen LogP contribution >= 0.6 is 11.6 Å². The Labute approximate surface area is 127 Å². The Balaban J connectivity index is 2.03. The van der Waals surface area contributed by atoms with E-state index in [0.29, 0.717) is 16.4 Å². The highest BCUT2D eigenvalue weighted by molar-refractivity contribution is 7.92. The Morgan fingerprint density at radius 2 is 2.05 bits per heavy atom. The van der Waals surface area contributed by atoms with Gasteiger partial charge in [-0.3, -0.25) is 4.72 Å². The zero-order valence-electron chi connectivity index (χ0n) is 11.1. The minimum Gasteiger partial charge on any atom is -0.305 e. The molecule has 1 N–H and O–H groups in total. The van der Waals surface area contributed by atoms with Crippen LogP contribution in [-0.4, -0.2) is 17.8 Å². The lowest BCUT2D eigenvalue weighted by molar-refractivity contribution is 0.601. The van der Waals surface area contributed by atoms with Crippen LogP contribution in [0.3, 0.4) is 0 Å². The number of imidazole rings is 1. The lowest BCUT2D eigenvalue weighted by Crippen LogP contribution is -2.13. The fourth-order valence-corrected chi connectivity index (χ4v) is 3.30. The third-order valence-corrected chi connectivity index (χ3v) is 4.89. The van der Waals surface area contributed by atoms with Crippen molar-refractivity contribution in [2.24, 2.45) is 0 Å². The Hall–Kier alpha value is -2.05. The maximum absolute atomic E-state index is 12.4. The van der Waals surface area contributed by atoms with Gasteiger partial charge in [-0.2, -0.15) is 0 Å². The summed E-state index contributed by atoms with van der Waals surface area (Å²) in [6, 6.07) is 8.04. The van der Waals surface area contributed by atoms with Crippen molar-refractivity contribution in [1.29, 1.82) is 0 Å². The molecule has 2 aromatic heterocycles. The van der Waals surface area contributed by atoms with E-state index in [4.69, 9.17) is 11.6 Å². The summed E-state index contributed by atoms with van der Waals surface area (Å²) in [5, 5.41) is 0.414. The van der Waals surface area contributed by atoms with Crippen LogP contribution in [0, 0.1) is 6.92 Å². The number of hydrogen-bond acceptors (Lipinski definition) is 3. The van der Waals surface area contributed by atoms with Crippen LogP contribution in [0.25, 0.3) is 5.65 Å². The molecule has 21 heavy (non-hydrogen) atoms. The molecule has 0 unspecified atom stereocenters. The van der Waals surface area contributed by atoms with E-state index in [0.717, 1.165) is 5.56 Å². The van der Waals surface area contributed by atoms with Crippen LogP contribution in [0.1, 0.15) is 5.56 Å². The number of nitrogens with zero attached hydrogens (tertiary/aromatic N) is 2. The SMILES string of the molecule is Cc1ccc(S(=O)(=O)Nc2cccn3ccnc23)cc1Cl. The number of aromatic nitrogens is 2. The molecule has 3 rings (SSSR count). The van der Waals surface area contributed by atoms with Crippen molar-refractivity contribution in [2.75, 3.05) is 4.72 Å².